The largest absolute Gasteiger partial charge is 0.397 e. The molecule has 1 heterocycles. The molecule has 0 fully saturated rings. The first-order chi connectivity index (χ1) is 10.0. The Kier molecular flexibility index (Phi) is 3.74. The molecule has 21 heavy (non-hydrogen) atoms. The van der Waals surface area contributed by atoms with Crippen molar-refractivity contribution in [3.63, 3.8) is 0 Å². The molecule has 5 heteroatoms. The van der Waals surface area contributed by atoms with E-state index in [1.54, 1.807) is 11.3 Å². The fraction of sp³-hybridized carbons (Fsp3) is 0.188. The van der Waals surface area contributed by atoms with Crippen molar-refractivity contribution in [1.82, 2.24) is 4.98 Å². The molecule has 0 aliphatic rings. The number of hydrogen-bond acceptors (Lipinski definition) is 4. The lowest BCUT2D eigenvalue weighted by Crippen LogP contribution is -2.08. The Hall–Kier alpha value is -1.78. The van der Waals surface area contributed by atoms with E-state index in [-0.39, 0.29) is 6.04 Å². The van der Waals surface area contributed by atoms with Crippen molar-refractivity contribution in [3.8, 4) is 0 Å². The fourth-order valence-electron chi connectivity index (χ4n) is 2.30. The van der Waals surface area contributed by atoms with E-state index in [0.717, 1.165) is 37.2 Å². The first kappa shape index (κ1) is 14.2. The van der Waals surface area contributed by atoms with Gasteiger partial charge in [0.1, 0.15) is 0 Å². The number of hydrogen-bond donors (Lipinski definition) is 2. The number of aromatic nitrogens is 1. The highest BCUT2D eigenvalue weighted by Crippen LogP contribution is 2.32. The zero-order valence-corrected chi connectivity index (χ0v) is 13.4. The zero-order valence-electron chi connectivity index (χ0n) is 11.9. The molecule has 0 aliphatic heterocycles. The Labute approximate surface area is 132 Å². The molecular formula is C16H16ClN3S. The highest BCUT2D eigenvalue weighted by atomic mass is 35.5. The molecule has 0 aliphatic carbocycles. The van der Waals surface area contributed by atoms with Crippen molar-refractivity contribution in [2.75, 3.05) is 11.1 Å². The monoisotopic (exact) mass is 317 g/mol. The third kappa shape index (κ3) is 2.96. The van der Waals surface area contributed by atoms with Crippen LogP contribution in [0.5, 0.6) is 0 Å². The lowest BCUT2D eigenvalue weighted by Gasteiger charge is -2.17. The van der Waals surface area contributed by atoms with Crippen LogP contribution in [0.4, 0.5) is 11.4 Å². The second-order valence-corrected chi connectivity index (χ2v) is 6.73. The van der Waals surface area contributed by atoms with Gasteiger partial charge in [-0.2, -0.15) is 0 Å². The first-order valence-electron chi connectivity index (χ1n) is 6.71. The van der Waals surface area contributed by atoms with Crippen molar-refractivity contribution < 1.29 is 0 Å². The number of thiazole rings is 1. The maximum Gasteiger partial charge on any atom is 0.0907 e. The minimum Gasteiger partial charge on any atom is -0.397 e. The minimum absolute atomic E-state index is 0.141. The van der Waals surface area contributed by atoms with Gasteiger partial charge < -0.3 is 11.1 Å². The number of fused-ring (bicyclic) bond motifs is 1. The van der Waals surface area contributed by atoms with Gasteiger partial charge in [0.15, 0.2) is 0 Å². The number of nitrogens with two attached hydrogens (primary N) is 1. The molecular weight excluding hydrogens is 302 g/mol. The highest BCUT2D eigenvalue weighted by Gasteiger charge is 2.10. The first-order valence-corrected chi connectivity index (χ1v) is 7.91. The topological polar surface area (TPSA) is 50.9 Å². The summed E-state index contributed by atoms with van der Waals surface area (Å²) in [7, 11) is 0. The van der Waals surface area contributed by atoms with Gasteiger partial charge in [-0.05, 0) is 43.7 Å². The van der Waals surface area contributed by atoms with Gasteiger partial charge in [-0.15, -0.1) is 11.3 Å². The summed E-state index contributed by atoms with van der Waals surface area (Å²) in [4.78, 5) is 4.51. The van der Waals surface area contributed by atoms with E-state index in [2.05, 4.69) is 17.2 Å². The van der Waals surface area contributed by atoms with Crippen LogP contribution in [0.2, 0.25) is 5.02 Å². The summed E-state index contributed by atoms with van der Waals surface area (Å²) in [5, 5.41) is 5.23. The second-order valence-electron chi connectivity index (χ2n) is 5.06. The Bertz CT molecular complexity index is 780. The molecule has 108 valence electrons. The predicted octanol–water partition coefficient (Wildman–Crippen LogP) is 5.01. The standard InChI is InChI=1S/C16H16ClN3S/c1-9(11-3-5-12(17)6-4-11)19-14-8-15-16(7-13(14)18)21-10(2)20-15/h3-9,19H,18H2,1-2H3. The zero-order chi connectivity index (χ0) is 15.0. The van der Waals surface area contributed by atoms with Crippen molar-refractivity contribution >= 4 is 44.5 Å². The fourth-order valence-corrected chi connectivity index (χ4v) is 3.28. The average molecular weight is 318 g/mol. The summed E-state index contributed by atoms with van der Waals surface area (Å²) in [6.07, 6.45) is 0. The third-order valence-corrected chi connectivity index (χ3v) is 4.59. The quantitative estimate of drug-likeness (QED) is 0.667. The number of anilines is 2. The predicted molar refractivity (Wildman–Crippen MR) is 92.3 cm³/mol. The number of nitrogens with one attached hydrogen (secondary N) is 1. The molecule has 3 rings (SSSR count). The van der Waals surface area contributed by atoms with E-state index in [4.69, 9.17) is 17.3 Å². The molecule has 0 spiro atoms. The molecule has 3 nitrogen and oxygen atoms in total. The second kappa shape index (κ2) is 5.54. The molecule has 2 aromatic carbocycles. The molecule has 3 aromatic rings. The van der Waals surface area contributed by atoms with E-state index in [1.165, 1.54) is 0 Å². The van der Waals surface area contributed by atoms with Crippen LogP contribution in [0, 0.1) is 6.92 Å². The molecule has 1 atom stereocenters. The van der Waals surface area contributed by atoms with Crippen LogP contribution < -0.4 is 11.1 Å². The number of aryl methyl sites for hydroxylation is 1. The van der Waals surface area contributed by atoms with E-state index in [0.29, 0.717) is 0 Å². The normalized spacial score (nSPS) is 12.5. The summed E-state index contributed by atoms with van der Waals surface area (Å²) >= 11 is 7.58. The summed E-state index contributed by atoms with van der Waals surface area (Å²) in [5.74, 6) is 0. The van der Waals surface area contributed by atoms with Gasteiger partial charge in [0.2, 0.25) is 0 Å². The van der Waals surface area contributed by atoms with Crippen LogP contribution >= 0.6 is 22.9 Å². The third-order valence-electron chi connectivity index (χ3n) is 3.41. The summed E-state index contributed by atoms with van der Waals surface area (Å²) in [5.41, 5.74) is 9.94. The SMILES string of the molecule is Cc1nc2cc(NC(C)c3ccc(Cl)cc3)c(N)cc2s1. The maximum absolute atomic E-state index is 6.14. The van der Waals surface area contributed by atoms with Crippen LogP contribution in [0.15, 0.2) is 36.4 Å². The van der Waals surface area contributed by atoms with Crippen LogP contribution in [0.1, 0.15) is 23.5 Å². The number of nitrogens with zero attached hydrogens (tertiary/aromatic N) is 1. The number of benzene rings is 2. The van der Waals surface area contributed by atoms with Gasteiger partial charge in [0.25, 0.3) is 0 Å². The van der Waals surface area contributed by atoms with Gasteiger partial charge >= 0.3 is 0 Å². The Morgan fingerprint density at radius 1 is 1.24 bits per heavy atom. The smallest absolute Gasteiger partial charge is 0.0907 e. The van der Waals surface area contributed by atoms with Crippen molar-refractivity contribution in [3.05, 3.63) is 52.0 Å². The van der Waals surface area contributed by atoms with E-state index >= 15 is 0 Å². The lowest BCUT2D eigenvalue weighted by atomic mass is 10.1. The number of halogens is 1. The van der Waals surface area contributed by atoms with Crippen molar-refractivity contribution in [2.24, 2.45) is 0 Å². The molecule has 0 saturated carbocycles. The van der Waals surface area contributed by atoms with E-state index in [9.17, 15) is 0 Å². The molecule has 0 amide bonds. The van der Waals surface area contributed by atoms with Gasteiger partial charge in [-0.25, -0.2) is 4.98 Å². The average Bonchev–Trinajstić information content (AvgIpc) is 2.79. The summed E-state index contributed by atoms with van der Waals surface area (Å²) < 4.78 is 1.12. The number of nitrogen functional groups attached to an aromatic ring is 1. The molecule has 1 unspecified atom stereocenters. The highest BCUT2D eigenvalue weighted by molar-refractivity contribution is 7.18. The minimum atomic E-state index is 0.141. The molecule has 3 N–H and O–H groups in total. The van der Waals surface area contributed by atoms with Crippen LogP contribution in [-0.2, 0) is 0 Å². The number of rotatable bonds is 3. The van der Waals surface area contributed by atoms with Gasteiger partial charge in [0.05, 0.1) is 26.6 Å². The maximum atomic E-state index is 6.14. The molecule has 0 saturated heterocycles. The van der Waals surface area contributed by atoms with Gasteiger partial charge in [-0.3, -0.25) is 0 Å². The summed E-state index contributed by atoms with van der Waals surface area (Å²) in [6.45, 7) is 4.10. The van der Waals surface area contributed by atoms with Crippen LogP contribution in [-0.4, -0.2) is 4.98 Å². The van der Waals surface area contributed by atoms with Crippen molar-refractivity contribution in [1.29, 1.82) is 0 Å². The van der Waals surface area contributed by atoms with E-state index in [1.807, 2.05) is 43.3 Å². The van der Waals surface area contributed by atoms with Crippen molar-refractivity contribution in [2.45, 2.75) is 19.9 Å². The van der Waals surface area contributed by atoms with Gasteiger partial charge in [-0.1, -0.05) is 23.7 Å². The molecule has 0 radical (unpaired) electrons. The summed E-state index contributed by atoms with van der Waals surface area (Å²) in [6, 6.07) is 12.0. The molecule has 1 aromatic heterocycles. The van der Waals surface area contributed by atoms with E-state index < -0.39 is 0 Å². The Balaban J connectivity index is 1.89. The van der Waals surface area contributed by atoms with Crippen LogP contribution in [0.25, 0.3) is 10.2 Å². The van der Waals surface area contributed by atoms with Gasteiger partial charge in [0, 0.05) is 11.1 Å². The van der Waals surface area contributed by atoms with Crippen LogP contribution in [0.3, 0.4) is 0 Å². The molecule has 0 bridgehead atoms. The Morgan fingerprint density at radius 3 is 2.67 bits per heavy atom. The Morgan fingerprint density at radius 2 is 1.95 bits per heavy atom. The lowest BCUT2D eigenvalue weighted by molar-refractivity contribution is 0.886.